The van der Waals surface area contributed by atoms with Crippen molar-refractivity contribution in [1.82, 2.24) is 10.5 Å². The number of thiophene rings is 1. The predicted molar refractivity (Wildman–Crippen MR) is 84.1 cm³/mol. The lowest BCUT2D eigenvalue weighted by Gasteiger charge is -2.12. The molecule has 0 aromatic carbocycles. The van der Waals surface area contributed by atoms with Crippen LogP contribution in [0.25, 0.3) is 0 Å². The quantitative estimate of drug-likeness (QED) is 0.302. The van der Waals surface area contributed by atoms with Crippen molar-refractivity contribution in [2.45, 2.75) is 26.4 Å². The Kier molecular flexibility index (Phi) is 6.91. The van der Waals surface area contributed by atoms with Crippen LogP contribution in [0.4, 0.5) is 18.2 Å². The molecule has 0 atom stereocenters. The minimum Gasteiger partial charge on any atom is -0.433 e. The Morgan fingerprint density at radius 1 is 1.35 bits per heavy atom. The first-order chi connectivity index (χ1) is 10.6. The van der Waals surface area contributed by atoms with E-state index in [1.807, 2.05) is 0 Å². The number of amides is 1. The first-order valence-corrected chi connectivity index (χ1v) is 7.31. The summed E-state index contributed by atoms with van der Waals surface area (Å²) in [5.41, 5.74) is 0. The molecule has 0 bridgehead atoms. The van der Waals surface area contributed by atoms with E-state index in [9.17, 15) is 28.0 Å². The second-order valence-corrected chi connectivity index (χ2v) is 5.67. The molecule has 0 aliphatic rings. The highest BCUT2D eigenvalue weighted by atomic mass is 32.1. The number of carbonyl (C=O) groups is 1. The summed E-state index contributed by atoms with van der Waals surface area (Å²) in [6, 6.07) is 3.10. The van der Waals surface area contributed by atoms with Crippen molar-refractivity contribution in [3.8, 4) is 0 Å². The summed E-state index contributed by atoms with van der Waals surface area (Å²) < 4.78 is 36.2. The number of guanidine groups is 1. The summed E-state index contributed by atoms with van der Waals surface area (Å²) >= 11 is 1.09. The van der Waals surface area contributed by atoms with Gasteiger partial charge < -0.3 is 25.9 Å². The number of halogens is 3. The van der Waals surface area contributed by atoms with Gasteiger partial charge in [-0.05, 0) is 25.8 Å². The highest BCUT2D eigenvalue weighted by Gasteiger charge is 2.38. The third kappa shape index (κ3) is 7.39. The van der Waals surface area contributed by atoms with Crippen LogP contribution in [0.2, 0.25) is 13.6 Å². The second-order valence-electron chi connectivity index (χ2n) is 4.50. The van der Waals surface area contributed by atoms with Gasteiger partial charge in [-0.1, -0.05) is 0 Å². The fraction of sp³-hybridized carbons (Fsp3) is 0.400. The molecule has 0 spiro atoms. The maximum absolute atomic E-state index is 12.1. The molecule has 1 aromatic rings. The Labute approximate surface area is 135 Å². The lowest BCUT2D eigenvalue weighted by molar-refractivity contribution is -0.173. The van der Waals surface area contributed by atoms with Crippen molar-refractivity contribution in [3.63, 3.8) is 0 Å². The van der Waals surface area contributed by atoms with E-state index in [1.54, 1.807) is 11.4 Å². The van der Waals surface area contributed by atoms with E-state index in [4.69, 9.17) is 0 Å². The molecule has 1 heterocycles. The van der Waals surface area contributed by atoms with Crippen molar-refractivity contribution in [2.75, 3.05) is 5.32 Å². The maximum atomic E-state index is 12.1. The Morgan fingerprint density at radius 2 is 2.00 bits per heavy atom. The minimum absolute atomic E-state index is 0.0997. The molecule has 0 saturated heterocycles. The molecule has 0 saturated carbocycles. The summed E-state index contributed by atoms with van der Waals surface area (Å²) in [4.78, 5) is 15.0. The molecule has 5 N–H and O–H groups in total. The maximum Gasteiger partial charge on any atom is 0.471 e. The van der Waals surface area contributed by atoms with Crippen LogP contribution in [-0.4, -0.2) is 42.2 Å². The Hall–Kier alpha value is -1.72. The molecule has 1 rings (SSSR count). The van der Waals surface area contributed by atoms with Gasteiger partial charge >= 0.3 is 26.2 Å². The fourth-order valence-corrected chi connectivity index (χ4v) is 2.26. The molecule has 0 aliphatic heterocycles. The van der Waals surface area contributed by atoms with E-state index >= 15 is 0 Å². The van der Waals surface area contributed by atoms with Gasteiger partial charge in [0.2, 0.25) is 0 Å². The SMILES string of the molecule is CB(O)/N=C(\NB(C)O)Nc1ccc(CNC(=O)C(F)(F)F)s1. The van der Waals surface area contributed by atoms with Gasteiger partial charge in [0, 0.05) is 4.88 Å². The normalized spacial score (nSPS) is 11.9. The van der Waals surface area contributed by atoms with E-state index in [1.165, 1.54) is 19.7 Å². The monoisotopic (exact) mass is 350 g/mol. The topological polar surface area (TPSA) is 106 Å². The van der Waals surface area contributed by atoms with Gasteiger partial charge in [0.15, 0.2) is 5.96 Å². The van der Waals surface area contributed by atoms with E-state index in [2.05, 4.69) is 15.4 Å². The molecule has 1 aromatic heterocycles. The molecule has 1 amide bonds. The number of rotatable bonds is 5. The van der Waals surface area contributed by atoms with Gasteiger partial charge in [0.05, 0.1) is 11.5 Å². The summed E-state index contributed by atoms with van der Waals surface area (Å²) in [5, 5.41) is 26.1. The van der Waals surface area contributed by atoms with Crippen LogP contribution < -0.4 is 15.9 Å². The number of hydrogen-bond donors (Lipinski definition) is 5. The average molecular weight is 350 g/mol. The average Bonchev–Trinajstić information content (AvgIpc) is 2.80. The highest BCUT2D eigenvalue weighted by molar-refractivity contribution is 7.16. The van der Waals surface area contributed by atoms with Crippen LogP contribution in [0.5, 0.6) is 0 Å². The van der Waals surface area contributed by atoms with E-state index in [0.717, 1.165) is 11.3 Å². The molecule has 126 valence electrons. The summed E-state index contributed by atoms with van der Waals surface area (Å²) in [7, 11) is -1.94. The number of carbonyl (C=O) groups excluding carboxylic acids is 1. The van der Waals surface area contributed by atoms with E-state index in [-0.39, 0.29) is 12.5 Å². The lowest BCUT2D eigenvalue weighted by atomic mass is 9.88. The van der Waals surface area contributed by atoms with Crippen LogP contribution in [0, 0.1) is 0 Å². The van der Waals surface area contributed by atoms with Crippen LogP contribution in [0.3, 0.4) is 0 Å². The zero-order chi connectivity index (χ0) is 17.6. The van der Waals surface area contributed by atoms with Gasteiger partial charge in [0.1, 0.15) is 0 Å². The molecule has 0 unspecified atom stereocenters. The number of hydrogen-bond acceptors (Lipinski definition) is 5. The van der Waals surface area contributed by atoms with E-state index in [0.29, 0.717) is 9.88 Å². The van der Waals surface area contributed by atoms with E-state index < -0.39 is 26.2 Å². The molecule has 23 heavy (non-hydrogen) atoms. The van der Waals surface area contributed by atoms with Crippen LogP contribution in [0.1, 0.15) is 4.88 Å². The number of anilines is 1. The Bertz CT molecular complexity index is 566. The number of alkyl halides is 3. The number of nitrogens with zero attached hydrogens (tertiary/aromatic N) is 1. The predicted octanol–water partition coefficient (Wildman–Crippen LogP) is 0.505. The third-order valence-corrected chi connectivity index (χ3v) is 3.25. The first-order valence-electron chi connectivity index (χ1n) is 6.49. The van der Waals surface area contributed by atoms with Crippen molar-refractivity contribution in [1.29, 1.82) is 0 Å². The van der Waals surface area contributed by atoms with Crippen LogP contribution in [0.15, 0.2) is 17.0 Å². The van der Waals surface area contributed by atoms with Gasteiger partial charge in [-0.3, -0.25) is 9.70 Å². The van der Waals surface area contributed by atoms with Gasteiger partial charge in [-0.15, -0.1) is 11.3 Å². The second kappa shape index (κ2) is 8.22. The Morgan fingerprint density at radius 3 is 2.52 bits per heavy atom. The molecular weight excluding hydrogens is 335 g/mol. The highest BCUT2D eigenvalue weighted by Crippen LogP contribution is 2.22. The van der Waals surface area contributed by atoms with Gasteiger partial charge in [-0.25, -0.2) is 0 Å². The van der Waals surface area contributed by atoms with Crippen molar-refractivity contribution in [2.24, 2.45) is 4.90 Å². The van der Waals surface area contributed by atoms with Gasteiger partial charge in [-0.2, -0.15) is 13.2 Å². The standard InChI is InChI=1S/C10H15B2F3N4O3S/c1-11(21)18-9(19-12(2)22)17-7-4-3-6(23-7)5-16-8(20)10(13,14)15/h3-4,21-22H,5H2,1-2H3,(H,16,20)(H2,17,18,19). The molecule has 0 radical (unpaired) electrons. The third-order valence-electron chi connectivity index (χ3n) is 2.25. The number of nitrogens with one attached hydrogen (secondary N) is 3. The van der Waals surface area contributed by atoms with Crippen LogP contribution >= 0.6 is 11.3 Å². The first kappa shape index (κ1) is 19.3. The van der Waals surface area contributed by atoms with Crippen molar-refractivity contribution < 1.29 is 28.0 Å². The van der Waals surface area contributed by atoms with Crippen LogP contribution in [-0.2, 0) is 11.3 Å². The summed E-state index contributed by atoms with van der Waals surface area (Å²) in [6.07, 6.45) is -4.92. The molecular formula is C10H15B2F3N4O3S. The smallest absolute Gasteiger partial charge is 0.433 e. The summed E-state index contributed by atoms with van der Waals surface area (Å²) in [6.45, 7) is 2.60. The fourth-order valence-electron chi connectivity index (χ4n) is 1.41. The largest absolute Gasteiger partial charge is 0.471 e. The van der Waals surface area contributed by atoms with Gasteiger partial charge in [0.25, 0.3) is 0 Å². The molecule has 0 fully saturated rings. The zero-order valence-corrected chi connectivity index (χ0v) is 13.1. The molecule has 7 nitrogen and oxygen atoms in total. The summed E-state index contributed by atoms with van der Waals surface area (Å²) in [5.74, 6) is -1.91. The zero-order valence-electron chi connectivity index (χ0n) is 12.3. The minimum atomic E-state index is -4.92. The Balaban J connectivity index is 2.66. The lowest BCUT2D eigenvalue weighted by Crippen LogP contribution is -2.41. The molecule has 13 heteroatoms. The molecule has 0 aliphatic carbocycles. The van der Waals surface area contributed by atoms with Crippen molar-refractivity contribution in [3.05, 3.63) is 17.0 Å². The van der Waals surface area contributed by atoms with Crippen molar-refractivity contribution >= 4 is 42.3 Å².